The fourth-order valence-corrected chi connectivity index (χ4v) is 9.87. The number of ether oxygens (including phenoxy) is 11. The number of fused-ring (bicyclic) bond motifs is 1. The molecule has 0 radical (unpaired) electrons. The molecular formula is C57H62NO19P. The third kappa shape index (κ3) is 16.7. The van der Waals surface area contributed by atoms with Gasteiger partial charge in [0.2, 0.25) is 0 Å². The topological polar surface area (TPSA) is 227 Å². The third-order valence-electron chi connectivity index (χ3n) is 12.2. The van der Waals surface area contributed by atoms with Crippen LogP contribution < -0.4 is 5.32 Å². The van der Waals surface area contributed by atoms with Crippen LogP contribution in [0, 0.1) is 0 Å². The van der Waals surface area contributed by atoms with Gasteiger partial charge in [-0.2, -0.15) is 0 Å². The van der Waals surface area contributed by atoms with Crippen LogP contribution >= 0.6 is 7.82 Å². The fraction of sp³-hybridized carbons (Fsp3) is 0.368. The maximum absolute atomic E-state index is 15.3. The molecule has 414 valence electrons. The fourth-order valence-electron chi connectivity index (χ4n) is 8.54. The number of phosphoric ester groups is 1. The molecule has 21 heteroatoms. The Bertz CT molecular complexity index is 2680. The summed E-state index contributed by atoms with van der Waals surface area (Å²) in [7, 11) is -4.83. The van der Waals surface area contributed by atoms with E-state index in [1.165, 1.54) is 13.0 Å². The van der Waals surface area contributed by atoms with Gasteiger partial charge in [-0.05, 0) is 22.3 Å². The molecule has 5 aromatic carbocycles. The van der Waals surface area contributed by atoms with E-state index in [9.17, 15) is 19.2 Å². The Balaban J connectivity index is 1.11. The van der Waals surface area contributed by atoms with Crippen molar-refractivity contribution in [2.75, 3.05) is 26.4 Å². The maximum Gasteiger partial charge on any atom is 0.476 e. The van der Waals surface area contributed by atoms with Gasteiger partial charge in [-0.15, -0.1) is 6.58 Å². The van der Waals surface area contributed by atoms with Gasteiger partial charge in [0.1, 0.15) is 37.6 Å². The predicted octanol–water partition coefficient (Wildman–Crippen LogP) is 7.98. The summed E-state index contributed by atoms with van der Waals surface area (Å²) in [6.07, 6.45) is -12.5. The van der Waals surface area contributed by atoms with Crippen LogP contribution in [0.5, 0.6) is 0 Å². The molecule has 0 aliphatic carbocycles. The first-order valence-corrected chi connectivity index (χ1v) is 26.7. The van der Waals surface area contributed by atoms with Gasteiger partial charge in [0, 0.05) is 19.4 Å². The van der Waals surface area contributed by atoms with Gasteiger partial charge in [-0.25, -0.2) is 14.2 Å². The summed E-state index contributed by atoms with van der Waals surface area (Å²) in [5.74, 6) is -2.50. The van der Waals surface area contributed by atoms with Gasteiger partial charge in [-0.1, -0.05) is 158 Å². The molecule has 8 rings (SSSR count). The number of benzene rings is 5. The van der Waals surface area contributed by atoms with Crippen LogP contribution in [-0.2, 0) is 111 Å². The van der Waals surface area contributed by atoms with Gasteiger partial charge in [0.05, 0.1) is 39.6 Å². The van der Waals surface area contributed by atoms with Crippen molar-refractivity contribution in [1.29, 1.82) is 0 Å². The summed E-state index contributed by atoms with van der Waals surface area (Å²) >= 11 is 0. The lowest BCUT2D eigenvalue weighted by Crippen LogP contribution is -2.66. The molecule has 3 heterocycles. The summed E-state index contributed by atoms with van der Waals surface area (Å²) in [5.41, 5.74) is 3.25. The van der Waals surface area contributed by atoms with Crippen molar-refractivity contribution in [3.63, 3.8) is 0 Å². The third-order valence-corrected chi connectivity index (χ3v) is 13.6. The predicted molar refractivity (Wildman–Crippen MR) is 275 cm³/mol. The Morgan fingerprint density at radius 2 is 1.14 bits per heavy atom. The SMILES string of the molecule is C=CCO[C@H]1[C@H]2O[C@@H](c3ccccc3)OC[C@H]2O[C@H](O[C@@H]2CO[C@@H](OC[C@H](NC(=O)OCc3ccccc3)C(=O)OCc3ccccc3)[C@H](OP(=O)(OCc3ccccc3)OCc3ccccc3)[C@H]2OC(C)=O)[C@@H]1OC(C)=O. The van der Waals surface area contributed by atoms with Gasteiger partial charge in [0.25, 0.3) is 0 Å². The second-order valence-electron chi connectivity index (χ2n) is 18.1. The number of nitrogens with one attached hydrogen (secondary N) is 1. The summed E-state index contributed by atoms with van der Waals surface area (Å²) in [4.78, 5) is 53.5. The molecule has 3 saturated heterocycles. The van der Waals surface area contributed by atoms with Crippen molar-refractivity contribution in [3.05, 3.63) is 192 Å². The number of esters is 3. The molecule has 3 aliphatic heterocycles. The van der Waals surface area contributed by atoms with Crippen molar-refractivity contribution in [1.82, 2.24) is 5.32 Å². The minimum absolute atomic E-state index is 0.00220. The summed E-state index contributed by atoms with van der Waals surface area (Å²) in [6.45, 7) is 4.10. The molecule has 20 nitrogen and oxygen atoms in total. The highest BCUT2D eigenvalue weighted by atomic mass is 31.2. The van der Waals surface area contributed by atoms with E-state index in [2.05, 4.69) is 11.9 Å². The van der Waals surface area contributed by atoms with E-state index in [1.54, 1.807) is 115 Å². The molecule has 1 amide bonds. The number of hydrogen-bond acceptors (Lipinski definition) is 19. The van der Waals surface area contributed by atoms with Crippen molar-refractivity contribution in [2.45, 2.75) is 108 Å². The van der Waals surface area contributed by atoms with Gasteiger partial charge in [-0.3, -0.25) is 23.2 Å². The number of amides is 1. The van der Waals surface area contributed by atoms with Crippen LogP contribution in [0.25, 0.3) is 0 Å². The van der Waals surface area contributed by atoms with Gasteiger partial charge < -0.3 is 57.4 Å². The Hall–Kier alpha value is -6.65. The number of carbonyl (C=O) groups is 4. The Morgan fingerprint density at radius 1 is 0.615 bits per heavy atom. The highest BCUT2D eigenvalue weighted by molar-refractivity contribution is 7.48. The number of carbonyl (C=O) groups excluding carboxylic acids is 4. The Morgan fingerprint density at radius 3 is 1.69 bits per heavy atom. The number of rotatable bonds is 25. The van der Waals surface area contributed by atoms with Gasteiger partial charge in [0.15, 0.2) is 43.2 Å². The smallest absolute Gasteiger partial charge is 0.459 e. The monoisotopic (exact) mass is 1100 g/mol. The molecule has 0 saturated carbocycles. The lowest BCUT2D eigenvalue weighted by molar-refractivity contribution is -0.381. The molecule has 5 aromatic rings. The number of phosphoric acid groups is 1. The molecule has 78 heavy (non-hydrogen) atoms. The van der Waals surface area contributed by atoms with E-state index in [1.807, 2.05) is 36.4 Å². The quantitative estimate of drug-likeness (QED) is 0.0253. The Kier molecular flexibility index (Phi) is 21.3. The summed E-state index contributed by atoms with van der Waals surface area (Å²) in [6, 6.07) is 43.0. The first-order valence-electron chi connectivity index (χ1n) is 25.2. The second kappa shape index (κ2) is 28.8. The molecular weight excluding hydrogens is 1030 g/mol. The standard InChI is InChI=1S/C57H62NO19P/c1-4-30-64-50-48-46(36-67-54(76-48)44-28-18-9-19-29-44)74-56(51(50)73-39(3)60)75-47-37-68-55(66-35-45(53(61)65-31-40-20-10-5-11-21-40)58-57(62)69-32-41-22-12-6-13-23-41)52(49(47)72-38(2)59)77-78(63,70-33-42-24-14-7-15-25-42)71-34-43-26-16-8-17-27-43/h4-29,45-52,54-56H,1,30-37H2,2-3H3,(H,58,62)/t45-,46+,47+,48-,49-,50-,51+,52+,54-,55+,56+/m0/s1. The van der Waals surface area contributed by atoms with Crippen LogP contribution in [0.1, 0.15) is 48.0 Å². The normalized spacial score (nSPS) is 24.3. The van der Waals surface area contributed by atoms with Crippen LogP contribution in [0.3, 0.4) is 0 Å². The van der Waals surface area contributed by atoms with E-state index in [0.29, 0.717) is 22.3 Å². The molecule has 3 fully saturated rings. The van der Waals surface area contributed by atoms with Crippen molar-refractivity contribution in [3.8, 4) is 0 Å². The van der Waals surface area contributed by atoms with Crippen molar-refractivity contribution < 1.29 is 89.4 Å². The zero-order valence-corrected chi connectivity index (χ0v) is 43.8. The average Bonchev–Trinajstić information content (AvgIpc) is 3.49. The molecule has 11 atom stereocenters. The zero-order valence-electron chi connectivity index (χ0n) is 42.9. The molecule has 1 N–H and O–H groups in total. The first kappa shape index (κ1) is 57.5. The average molecular weight is 1100 g/mol. The molecule has 3 aliphatic rings. The molecule has 0 aromatic heterocycles. The maximum atomic E-state index is 15.3. The highest BCUT2D eigenvalue weighted by Crippen LogP contribution is 2.54. The highest BCUT2D eigenvalue weighted by Gasteiger charge is 2.56. The van der Waals surface area contributed by atoms with Crippen molar-refractivity contribution >= 4 is 31.8 Å². The van der Waals surface area contributed by atoms with Crippen LogP contribution in [-0.4, -0.2) is 112 Å². The van der Waals surface area contributed by atoms with Crippen LogP contribution in [0.2, 0.25) is 0 Å². The largest absolute Gasteiger partial charge is 0.476 e. The number of hydrogen-bond donors (Lipinski definition) is 1. The summed E-state index contributed by atoms with van der Waals surface area (Å²) < 4.78 is 101. The zero-order chi connectivity index (χ0) is 54.7. The van der Waals surface area contributed by atoms with Gasteiger partial charge >= 0.3 is 31.8 Å². The van der Waals surface area contributed by atoms with E-state index in [-0.39, 0.29) is 39.6 Å². The second-order valence-corrected chi connectivity index (χ2v) is 19.7. The minimum atomic E-state index is -4.83. The lowest BCUT2D eigenvalue weighted by Gasteiger charge is -2.50. The van der Waals surface area contributed by atoms with Crippen LogP contribution in [0.15, 0.2) is 164 Å². The van der Waals surface area contributed by atoms with E-state index < -0.39 is 113 Å². The molecule has 0 unspecified atom stereocenters. The van der Waals surface area contributed by atoms with E-state index in [0.717, 1.165) is 12.5 Å². The lowest BCUT2D eigenvalue weighted by atomic mass is 9.96. The van der Waals surface area contributed by atoms with E-state index >= 15 is 4.57 Å². The van der Waals surface area contributed by atoms with E-state index in [4.69, 9.17) is 65.7 Å². The minimum Gasteiger partial charge on any atom is -0.459 e. The first-order chi connectivity index (χ1) is 37.9. The van der Waals surface area contributed by atoms with Crippen LogP contribution in [0.4, 0.5) is 4.79 Å². The number of alkyl carbamates (subject to hydrolysis) is 1. The Labute approximate surface area is 451 Å². The molecule has 0 spiro atoms. The summed E-state index contributed by atoms with van der Waals surface area (Å²) in [5, 5.41) is 2.52. The molecule has 0 bridgehead atoms. The van der Waals surface area contributed by atoms with Crippen molar-refractivity contribution in [2.24, 2.45) is 0 Å².